The van der Waals surface area contributed by atoms with Gasteiger partial charge < -0.3 is 25.1 Å². The van der Waals surface area contributed by atoms with Crippen LogP contribution in [0.15, 0.2) is 59.3 Å². The van der Waals surface area contributed by atoms with E-state index < -0.39 is 23.9 Å². The third-order valence-corrected chi connectivity index (χ3v) is 6.21. The molecule has 9 nitrogen and oxygen atoms in total. The normalized spacial score (nSPS) is 17.1. The number of hydrogen-bond acceptors (Lipinski definition) is 5. The van der Waals surface area contributed by atoms with Gasteiger partial charge in [-0.15, -0.1) is 0 Å². The topological polar surface area (TPSA) is 122 Å². The maximum absolute atomic E-state index is 13.1. The monoisotopic (exact) mass is 525 g/mol. The molecule has 2 aromatic heterocycles. The van der Waals surface area contributed by atoms with Crippen molar-refractivity contribution in [3.05, 3.63) is 70.6 Å². The number of pyridine rings is 1. The first-order valence-electron chi connectivity index (χ1n) is 11.0. The van der Waals surface area contributed by atoms with Gasteiger partial charge in [-0.3, -0.25) is 14.4 Å². The number of aldehydes is 1. The van der Waals surface area contributed by atoms with E-state index in [4.69, 9.17) is 0 Å². The molecule has 3 atom stereocenters. The van der Waals surface area contributed by atoms with E-state index in [1.165, 1.54) is 0 Å². The number of nitrogens with zero attached hydrogens (tertiary/aromatic N) is 2. The van der Waals surface area contributed by atoms with Crippen molar-refractivity contribution in [2.24, 2.45) is 5.92 Å². The molecule has 3 amide bonds. The Balaban J connectivity index is 1.50. The van der Waals surface area contributed by atoms with E-state index in [1.807, 2.05) is 36.4 Å². The van der Waals surface area contributed by atoms with Crippen molar-refractivity contribution in [1.29, 1.82) is 0 Å². The predicted octanol–water partition coefficient (Wildman–Crippen LogP) is 1.65. The summed E-state index contributed by atoms with van der Waals surface area (Å²) < 4.78 is 2.54. The third kappa shape index (κ3) is 5.69. The molecule has 10 heteroatoms. The van der Waals surface area contributed by atoms with Gasteiger partial charge in [0.15, 0.2) is 0 Å². The van der Waals surface area contributed by atoms with Crippen molar-refractivity contribution in [3.63, 3.8) is 0 Å². The largest absolute Gasteiger partial charge is 0.356 e. The number of aromatic nitrogens is 2. The lowest BCUT2D eigenvalue weighted by atomic mass is 9.98. The van der Waals surface area contributed by atoms with E-state index in [-0.39, 0.29) is 30.4 Å². The Bertz CT molecular complexity index is 1210. The van der Waals surface area contributed by atoms with Gasteiger partial charge in [-0.25, -0.2) is 4.98 Å². The zero-order valence-electron chi connectivity index (χ0n) is 18.2. The Morgan fingerprint density at radius 2 is 1.97 bits per heavy atom. The van der Waals surface area contributed by atoms with Gasteiger partial charge in [0.05, 0.1) is 6.04 Å². The minimum Gasteiger partial charge on any atom is -0.356 e. The highest BCUT2D eigenvalue weighted by Crippen LogP contribution is 2.16. The number of amides is 3. The third-order valence-electron chi connectivity index (χ3n) is 5.75. The number of hydrogen-bond donors (Lipinski definition) is 3. The van der Waals surface area contributed by atoms with E-state index in [2.05, 4.69) is 36.9 Å². The Labute approximate surface area is 204 Å². The smallest absolute Gasteiger partial charge is 0.272 e. The van der Waals surface area contributed by atoms with Gasteiger partial charge in [0.1, 0.15) is 23.7 Å². The van der Waals surface area contributed by atoms with Crippen LogP contribution in [0.4, 0.5) is 0 Å². The second-order valence-corrected chi connectivity index (χ2v) is 9.13. The van der Waals surface area contributed by atoms with Crippen LogP contribution < -0.4 is 16.0 Å². The zero-order valence-corrected chi connectivity index (χ0v) is 19.8. The maximum Gasteiger partial charge on any atom is 0.272 e. The summed E-state index contributed by atoms with van der Waals surface area (Å²) in [4.78, 5) is 54.0. The maximum atomic E-state index is 13.1. The van der Waals surface area contributed by atoms with Crippen LogP contribution >= 0.6 is 15.9 Å². The molecule has 0 radical (unpaired) electrons. The highest BCUT2D eigenvalue weighted by Gasteiger charge is 2.30. The Morgan fingerprint density at radius 1 is 1.18 bits per heavy atom. The van der Waals surface area contributed by atoms with Crippen LogP contribution in [0, 0.1) is 5.92 Å². The quantitative estimate of drug-likeness (QED) is 0.366. The van der Waals surface area contributed by atoms with Crippen LogP contribution in [-0.2, 0) is 20.8 Å². The number of benzene rings is 1. The standard InChI is InChI=1S/C24H24BrN5O4/c25-17-6-7-21-28-20(13-30(21)12-17)24(34)29-19(10-15-4-2-1-3-5-15)23(33)27-18(14-31)11-16-8-9-26-22(16)32/h1-7,12-14,16,18-19H,8-11H2,(H,26,32)(H,27,33)(H,29,34)/t16-,18-,19-/m0/s1. The average molecular weight is 526 g/mol. The molecule has 4 rings (SSSR count). The fourth-order valence-electron chi connectivity index (χ4n) is 3.97. The average Bonchev–Trinajstić information content (AvgIpc) is 3.44. The molecule has 34 heavy (non-hydrogen) atoms. The van der Waals surface area contributed by atoms with Gasteiger partial charge in [0, 0.05) is 35.7 Å². The summed E-state index contributed by atoms with van der Waals surface area (Å²) in [6.45, 7) is 0.561. The molecular weight excluding hydrogens is 502 g/mol. The van der Waals surface area contributed by atoms with Crippen molar-refractivity contribution in [3.8, 4) is 0 Å². The van der Waals surface area contributed by atoms with Crippen molar-refractivity contribution >= 4 is 45.6 Å². The van der Waals surface area contributed by atoms with Crippen LogP contribution in [0.2, 0.25) is 0 Å². The lowest BCUT2D eigenvalue weighted by molar-refractivity contribution is -0.127. The molecule has 1 aliphatic heterocycles. The van der Waals surface area contributed by atoms with Gasteiger partial charge in [-0.2, -0.15) is 0 Å². The Morgan fingerprint density at radius 3 is 2.68 bits per heavy atom. The van der Waals surface area contributed by atoms with E-state index in [9.17, 15) is 19.2 Å². The molecule has 1 aliphatic rings. The fraction of sp³-hybridized carbons (Fsp3) is 0.292. The summed E-state index contributed by atoms with van der Waals surface area (Å²) >= 11 is 3.38. The minimum atomic E-state index is -0.939. The van der Waals surface area contributed by atoms with Crippen molar-refractivity contribution in [2.45, 2.75) is 31.3 Å². The highest BCUT2D eigenvalue weighted by atomic mass is 79.9. The molecule has 176 valence electrons. The summed E-state index contributed by atoms with van der Waals surface area (Å²) in [5.41, 5.74) is 1.60. The van der Waals surface area contributed by atoms with Crippen LogP contribution in [0.1, 0.15) is 28.9 Å². The molecule has 3 N–H and O–H groups in total. The number of carbonyl (C=O) groups excluding carboxylic acids is 4. The van der Waals surface area contributed by atoms with E-state index >= 15 is 0 Å². The molecule has 3 heterocycles. The Kier molecular flexibility index (Phi) is 7.36. The molecule has 0 spiro atoms. The van der Waals surface area contributed by atoms with Gasteiger partial charge in [-0.1, -0.05) is 30.3 Å². The van der Waals surface area contributed by atoms with Crippen LogP contribution in [0.25, 0.3) is 5.65 Å². The molecule has 0 saturated carbocycles. The van der Waals surface area contributed by atoms with Crippen LogP contribution in [-0.4, -0.2) is 52.0 Å². The van der Waals surface area contributed by atoms with Crippen molar-refractivity contribution in [1.82, 2.24) is 25.3 Å². The lowest BCUT2D eigenvalue weighted by Gasteiger charge is -2.21. The fourth-order valence-corrected chi connectivity index (χ4v) is 4.33. The van der Waals surface area contributed by atoms with Crippen molar-refractivity contribution in [2.75, 3.05) is 6.54 Å². The highest BCUT2D eigenvalue weighted by molar-refractivity contribution is 9.10. The lowest BCUT2D eigenvalue weighted by Crippen LogP contribution is -2.51. The first-order chi connectivity index (χ1) is 16.4. The summed E-state index contributed by atoms with van der Waals surface area (Å²) in [5.74, 6) is -1.45. The molecule has 1 saturated heterocycles. The number of imidazole rings is 1. The molecule has 3 aromatic rings. The second-order valence-electron chi connectivity index (χ2n) is 8.22. The number of carbonyl (C=O) groups is 4. The van der Waals surface area contributed by atoms with E-state index in [1.54, 1.807) is 22.9 Å². The SMILES string of the molecule is O=C[C@H](C[C@@H]1CCNC1=O)NC(=O)[C@H](Cc1ccccc1)NC(=O)c1cn2cc(Br)ccc2n1. The van der Waals surface area contributed by atoms with Gasteiger partial charge in [0.2, 0.25) is 11.8 Å². The first-order valence-corrected chi connectivity index (χ1v) is 11.7. The number of rotatable bonds is 9. The van der Waals surface area contributed by atoms with Crippen LogP contribution in [0.3, 0.4) is 0 Å². The van der Waals surface area contributed by atoms with Gasteiger partial charge >= 0.3 is 0 Å². The first kappa shape index (κ1) is 23.6. The van der Waals surface area contributed by atoms with Crippen molar-refractivity contribution < 1.29 is 19.2 Å². The summed E-state index contributed by atoms with van der Waals surface area (Å²) in [5, 5.41) is 8.18. The van der Waals surface area contributed by atoms with Gasteiger partial charge in [0.25, 0.3) is 5.91 Å². The molecule has 0 bridgehead atoms. The predicted molar refractivity (Wildman–Crippen MR) is 128 cm³/mol. The number of fused-ring (bicyclic) bond motifs is 1. The summed E-state index contributed by atoms with van der Waals surface area (Å²) in [6.07, 6.45) is 5.06. The van der Waals surface area contributed by atoms with Crippen LogP contribution in [0.5, 0.6) is 0 Å². The number of nitrogens with one attached hydrogen (secondary N) is 3. The van der Waals surface area contributed by atoms with E-state index in [0.29, 0.717) is 24.9 Å². The summed E-state index contributed by atoms with van der Waals surface area (Å²) in [7, 11) is 0. The van der Waals surface area contributed by atoms with E-state index in [0.717, 1.165) is 10.0 Å². The molecule has 0 unspecified atom stereocenters. The number of halogens is 1. The molecule has 0 aliphatic carbocycles. The van der Waals surface area contributed by atoms with Gasteiger partial charge in [-0.05, 0) is 46.5 Å². The minimum absolute atomic E-state index is 0.117. The molecular formula is C24H24BrN5O4. The molecule has 1 aromatic carbocycles. The Hall–Kier alpha value is -3.53. The summed E-state index contributed by atoms with van der Waals surface area (Å²) in [6, 6.07) is 11.1. The molecule has 1 fully saturated rings. The zero-order chi connectivity index (χ0) is 24.1. The second kappa shape index (κ2) is 10.6.